The Labute approximate surface area is 153 Å². The molecule has 0 radical (unpaired) electrons. The van der Waals surface area contributed by atoms with Crippen LogP contribution in [0.25, 0.3) is 0 Å². The molecule has 0 amide bonds. The number of anilines is 1. The lowest BCUT2D eigenvalue weighted by Crippen LogP contribution is -2.45. The molecule has 11 nitrogen and oxygen atoms in total. The van der Waals surface area contributed by atoms with Gasteiger partial charge < -0.3 is 19.5 Å². The lowest BCUT2D eigenvalue weighted by atomic mass is 9.89. The number of non-ortho nitro benzene ring substituents is 1. The predicted molar refractivity (Wildman–Crippen MR) is 91.9 cm³/mol. The van der Waals surface area contributed by atoms with Crippen molar-refractivity contribution in [2.45, 2.75) is 30.9 Å². The Kier molecular flexibility index (Phi) is 5.24. The van der Waals surface area contributed by atoms with Crippen molar-refractivity contribution >= 4 is 23.0 Å². The Balaban J connectivity index is 1.98. The number of nitrogens with zero attached hydrogens (tertiary/aromatic N) is 2. The van der Waals surface area contributed by atoms with Crippen molar-refractivity contribution in [2.24, 2.45) is 0 Å². The zero-order chi connectivity index (χ0) is 19.6. The monoisotopic (exact) mass is 381 g/mol. The van der Waals surface area contributed by atoms with Crippen LogP contribution in [0.5, 0.6) is 0 Å². The lowest BCUT2D eigenvalue weighted by molar-refractivity contribution is -0.393. The molecule has 1 spiro atoms. The minimum atomic E-state index is -0.893. The van der Waals surface area contributed by atoms with Gasteiger partial charge in [-0.15, -0.1) is 0 Å². The van der Waals surface area contributed by atoms with E-state index in [0.29, 0.717) is 32.7 Å². The summed E-state index contributed by atoms with van der Waals surface area (Å²) in [6.45, 7) is 1.46. The van der Waals surface area contributed by atoms with Crippen LogP contribution in [0, 0.1) is 20.2 Å². The first kappa shape index (κ1) is 19.0. The van der Waals surface area contributed by atoms with E-state index in [4.69, 9.17) is 9.47 Å². The van der Waals surface area contributed by atoms with E-state index in [-0.39, 0.29) is 17.3 Å². The molecule has 1 aromatic carbocycles. The van der Waals surface area contributed by atoms with Gasteiger partial charge in [0, 0.05) is 31.7 Å². The summed E-state index contributed by atoms with van der Waals surface area (Å²) in [6.07, 6.45) is 1.83. The normalized spacial score (nSPS) is 24.6. The average molecular weight is 381 g/mol. The smallest absolute Gasteiger partial charge is 0.340 e. The van der Waals surface area contributed by atoms with E-state index in [9.17, 15) is 25.0 Å². The Morgan fingerprint density at radius 2 is 2.07 bits per heavy atom. The number of benzene rings is 1. The quantitative estimate of drug-likeness (QED) is 0.460. The molecule has 1 aromatic rings. The second-order valence-corrected chi connectivity index (χ2v) is 6.56. The third-order valence-electron chi connectivity index (χ3n) is 4.82. The molecule has 11 heteroatoms. The van der Waals surface area contributed by atoms with E-state index in [1.54, 1.807) is 0 Å². The van der Waals surface area contributed by atoms with Crippen LogP contribution in [0.15, 0.2) is 12.1 Å². The number of carbonyl (C=O) groups is 1. The fourth-order valence-corrected chi connectivity index (χ4v) is 3.50. The minimum Gasteiger partial charge on any atom is -0.465 e. The Bertz CT molecular complexity index is 775. The molecule has 2 unspecified atom stereocenters. The molecule has 2 saturated heterocycles. The number of hydrogen-bond acceptors (Lipinski definition) is 9. The van der Waals surface area contributed by atoms with Gasteiger partial charge in [0.05, 0.1) is 40.8 Å². The summed E-state index contributed by atoms with van der Waals surface area (Å²) in [4.78, 5) is 33.2. The van der Waals surface area contributed by atoms with E-state index in [0.717, 1.165) is 25.7 Å². The molecule has 0 aromatic heterocycles. The van der Waals surface area contributed by atoms with Gasteiger partial charge in [0.25, 0.3) is 11.4 Å². The van der Waals surface area contributed by atoms with Crippen LogP contribution in [-0.4, -0.2) is 54.4 Å². The summed E-state index contributed by atoms with van der Waals surface area (Å²) in [5.74, 6) is -0.893. The molecule has 3 rings (SSSR count). The van der Waals surface area contributed by atoms with Gasteiger partial charge in [0.1, 0.15) is 5.69 Å². The molecule has 2 aliphatic rings. The second-order valence-electron chi connectivity index (χ2n) is 6.56. The van der Waals surface area contributed by atoms with Crippen molar-refractivity contribution in [3.63, 3.8) is 0 Å². The van der Waals surface area contributed by atoms with E-state index >= 15 is 0 Å². The van der Waals surface area contributed by atoms with Crippen LogP contribution in [0.1, 0.15) is 29.6 Å². The van der Waals surface area contributed by atoms with Crippen molar-refractivity contribution in [2.75, 3.05) is 32.2 Å². The maximum atomic E-state index is 12.1. The number of hydrogen-bond donors (Lipinski definition) is 1. The standard InChI is InChI=1S/C16H19N3O8/c1-25-15(20)12-6-11(18(21)22)7-13(19(23)24)14(12)17-10-2-4-27-16(8-10)3-5-26-9-16/h6-7,10,17H,2-5,8-9H2,1H3. The van der Waals surface area contributed by atoms with E-state index in [1.165, 1.54) is 0 Å². The third-order valence-corrected chi connectivity index (χ3v) is 4.82. The van der Waals surface area contributed by atoms with Crippen molar-refractivity contribution in [3.05, 3.63) is 37.9 Å². The summed E-state index contributed by atoms with van der Waals surface area (Å²) in [7, 11) is 1.11. The Morgan fingerprint density at radius 3 is 2.67 bits per heavy atom. The molecule has 2 fully saturated rings. The van der Waals surface area contributed by atoms with Crippen molar-refractivity contribution in [1.29, 1.82) is 0 Å². The van der Waals surface area contributed by atoms with Gasteiger partial charge in [0.2, 0.25) is 0 Å². The van der Waals surface area contributed by atoms with Crippen LogP contribution >= 0.6 is 0 Å². The summed E-state index contributed by atoms with van der Waals surface area (Å²) in [5.41, 5.74) is -1.88. The molecular formula is C16H19N3O8. The number of ether oxygens (including phenoxy) is 3. The van der Waals surface area contributed by atoms with Crippen molar-refractivity contribution in [1.82, 2.24) is 0 Å². The minimum absolute atomic E-state index is 0.0848. The van der Waals surface area contributed by atoms with Crippen LogP contribution in [0.3, 0.4) is 0 Å². The van der Waals surface area contributed by atoms with E-state index in [2.05, 4.69) is 10.1 Å². The van der Waals surface area contributed by atoms with Crippen molar-refractivity contribution < 1.29 is 28.9 Å². The second kappa shape index (κ2) is 7.45. The number of nitro groups is 2. The highest BCUT2D eigenvalue weighted by Gasteiger charge is 2.42. The number of nitrogens with one attached hydrogen (secondary N) is 1. The zero-order valence-electron chi connectivity index (χ0n) is 14.6. The van der Waals surface area contributed by atoms with Crippen molar-refractivity contribution in [3.8, 4) is 0 Å². The maximum Gasteiger partial charge on any atom is 0.340 e. The molecule has 2 aliphatic heterocycles. The number of carbonyl (C=O) groups excluding carboxylic acids is 1. The topological polar surface area (TPSA) is 143 Å². The fourth-order valence-electron chi connectivity index (χ4n) is 3.50. The van der Waals surface area contributed by atoms with Crippen LogP contribution in [0.4, 0.5) is 17.1 Å². The molecule has 146 valence electrons. The molecule has 1 N–H and O–H groups in total. The van der Waals surface area contributed by atoms with Gasteiger partial charge in [-0.25, -0.2) is 4.79 Å². The van der Waals surface area contributed by atoms with Crippen LogP contribution in [0.2, 0.25) is 0 Å². The largest absolute Gasteiger partial charge is 0.465 e. The fraction of sp³-hybridized carbons (Fsp3) is 0.562. The summed E-state index contributed by atoms with van der Waals surface area (Å²) < 4.78 is 15.9. The summed E-state index contributed by atoms with van der Waals surface area (Å²) in [6, 6.07) is 1.60. The number of methoxy groups -OCH3 is 1. The predicted octanol–water partition coefficient (Wildman–Crippen LogP) is 2.04. The number of nitro benzene ring substituents is 2. The van der Waals surface area contributed by atoms with E-state index < -0.39 is 32.8 Å². The van der Waals surface area contributed by atoms with Gasteiger partial charge in [-0.05, 0) is 12.8 Å². The van der Waals surface area contributed by atoms with E-state index in [1.807, 2.05) is 0 Å². The zero-order valence-corrected chi connectivity index (χ0v) is 14.6. The Morgan fingerprint density at radius 1 is 1.30 bits per heavy atom. The van der Waals surface area contributed by atoms with Crippen LogP contribution < -0.4 is 5.32 Å². The highest BCUT2D eigenvalue weighted by molar-refractivity contribution is 5.99. The highest BCUT2D eigenvalue weighted by atomic mass is 16.6. The molecule has 0 aliphatic carbocycles. The lowest BCUT2D eigenvalue weighted by Gasteiger charge is -2.37. The molecule has 27 heavy (non-hydrogen) atoms. The van der Waals surface area contributed by atoms with Gasteiger partial charge in [0.15, 0.2) is 0 Å². The molecular weight excluding hydrogens is 362 g/mol. The summed E-state index contributed by atoms with van der Waals surface area (Å²) in [5, 5.41) is 25.6. The first-order valence-electron chi connectivity index (χ1n) is 8.38. The van der Waals surface area contributed by atoms with Gasteiger partial charge in [-0.2, -0.15) is 0 Å². The molecule has 0 saturated carbocycles. The average Bonchev–Trinajstić information content (AvgIpc) is 3.08. The Hall–Kier alpha value is -2.79. The molecule has 2 heterocycles. The highest BCUT2D eigenvalue weighted by Crippen LogP contribution is 2.38. The van der Waals surface area contributed by atoms with Gasteiger partial charge >= 0.3 is 5.97 Å². The van der Waals surface area contributed by atoms with Gasteiger partial charge in [-0.1, -0.05) is 0 Å². The SMILES string of the molecule is COC(=O)c1cc([N+](=O)[O-])cc([N+](=O)[O-])c1NC1CCOC2(CCOC2)C1. The summed E-state index contributed by atoms with van der Waals surface area (Å²) >= 11 is 0. The first-order valence-corrected chi connectivity index (χ1v) is 8.38. The molecule has 0 bridgehead atoms. The molecule has 2 atom stereocenters. The van der Waals surface area contributed by atoms with Crippen LogP contribution in [-0.2, 0) is 14.2 Å². The number of rotatable bonds is 5. The number of esters is 1. The maximum absolute atomic E-state index is 12.1. The third kappa shape index (κ3) is 3.83. The first-order chi connectivity index (χ1) is 12.8. The van der Waals surface area contributed by atoms with Gasteiger partial charge in [-0.3, -0.25) is 20.2 Å².